The van der Waals surface area contributed by atoms with E-state index in [2.05, 4.69) is 15.1 Å². The number of piperazine rings is 1. The molecule has 0 bridgehead atoms. The molecule has 1 aliphatic rings. The van der Waals surface area contributed by atoms with Gasteiger partial charge in [-0.05, 0) is 36.4 Å². The van der Waals surface area contributed by atoms with Gasteiger partial charge >= 0.3 is 0 Å². The minimum Gasteiger partial charge on any atom is -0.352 e. The first-order valence-corrected chi connectivity index (χ1v) is 12.3. The van der Waals surface area contributed by atoms with Gasteiger partial charge in [-0.1, -0.05) is 71.7 Å². The highest BCUT2D eigenvalue weighted by molar-refractivity contribution is 6.36. The third-order valence-electron chi connectivity index (χ3n) is 6.19. The van der Waals surface area contributed by atoms with Crippen molar-refractivity contribution in [1.82, 2.24) is 15.1 Å². The van der Waals surface area contributed by atoms with Crippen LogP contribution in [-0.2, 0) is 0 Å². The quantitative estimate of drug-likeness (QED) is 0.321. The largest absolute Gasteiger partial charge is 0.352 e. The van der Waals surface area contributed by atoms with Crippen molar-refractivity contribution in [2.24, 2.45) is 0 Å². The molecule has 1 saturated heterocycles. The Labute approximate surface area is 219 Å². The lowest BCUT2D eigenvalue weighted by Gasteiger charge is -2.35. The fourth-order valence-corrected chi connectivity index (χ4v) is 4.76. The lowest BCUT2D eigenvalue weighted by Crippen LogP contribution is -2.49. The number of anilines is 1. The van der Waals surface area contributed by atoms with Crippen LogP contribution < -0.4 is 4.90 Å². The number of carbonyl (C=O) groups is 2. The maximum atomic E-state index is 13.4. The fourth-order valence-electron chi connectivity index (χ4n) is 4.26. The van der Waals surface area contributed by atoms with Gasteiger partial charge in [0.05, 0.1) is 16.3 Å². The number of rotatable bonds is 5. The van der Waals surface area contributed by atoms with Crippen LogP contribution in [0.1, 0.15) is 26.3 Å². The Morgan fingerprint density at radius 3 is 2.08 bits per heavy atom. The number of benzene rings is 3. The first kappa shape index (κ1) is 24.0. The van der Waals surface area contributed by atoms with E-state index >= 15 is 0 Å². The van der Waals surface area contributed by atoms with Crippen molar-refractivity contribution in [2.75, 3.05) is 31.1 Å². The maximum absolute atomic E-state index is 13.4. The number of nitrogens with zero attached hydrogens (tertiary/aromatic N) is 4. The third-order valence-corrected chi connectivity index (χ3v) is 6.73. The molecule has 1 fully saturated rings. The van der Waals surface area contributed by atoms with Crippen molar-refractivity contribution in [3.8, 4) is 11.3 Å². The van der Waals surface area contributed by atoms with Crippen LogP contribution in [0.15, 0.2) is 84.9 Å². The summed E-state index contributed by atoms with van der Waals surface area (Å²) in [6.45, 7) is 2.24. The molecule has 36 heavy (non-hydrogen) atoms. The van der Waals surface area contributed by atoms with Crippen molar-refractivity contribution in [1.29, 1.82) is 0 Å². The second kappa shape index (κ2) is 10.5. The van der Waals surface area contributed by atoms with Gasteiger partial charge in [-0.25, -0.2) is 0 Å². The van der Waals surface area contributed by atoms with E-state index < -0.39 is 0 Å². The van der Waals surface area contributed by atoms with Crippen LogP contribution in [0.5, 0.6) is 0 Å². The Morgan fingerprint density at radius 1 is 0.722 bits per heavy atom. The van der Waals surface area contributed by atoms with E-state index in [4.69, 9.17) is 23.2 Å². The lowest BCUT2D eigenvalue weighted by molar-refractivity contribution is 0.0742. The van der Waals surface area contributed by atoms with Gasteiger partial charge < -0.3 is 9.80 Å². The SMILES string of the molecule is O=C(c1ccccc1)c1ccccc1C(=O)N1CCN(c2ccc(-c3ccc(Cl)cc3Cl)nn2)CC1. The summed E-state index contributed by atoms with van der Waals surface area (Å²) in [6.07, 6.45) is 0. The average molecular weight is 517 g/mol. The summed E-state index contributed by atoms with van der Waals surface area (Å²) in [7, 11) is 0. The Balaban J connectivity index is 1.27. The van der Waals surface area contributed by atoms with Gasteiger partial charge in [-0.3, -0.25) is 9.59 Å². The number of carbonyl (C=O) groups excluding carboxylic acids is 2. The molecule has 1 aromatic heterocycles. The maximum Gasteiger partial charge on any atom is 0.254 e. The highest BCUT2D eigenvalue weighted by atomic mass is 35.5. The first-order valence-electron chi connectivity index (χ1n) is 11.5. The van der Waals surface area contributed by atoms with E-state index in [0.717, 1.165) is 11.4 Å². The molecule has 5 rings (SSSR count). The smallest absolute Gasteiger partial charge is 0.254 e. The van der Waals surface area contributed by atoms with Crippen molar-refractivity contribution in [2.45, 2.75) is 0 Å². The molecule has 6 nitrogen and oxygen atoms in total. The molecule has 0 saturated carbocycles. The van der Waals surface area contributed by atoms with Crippen LogP contribution in [0.2, 0.25) is 10.0 Å². The zero-order valence-corrected chi connectivity index (χ0v) is 20.8. The average Bonchev–Trinajstić information content (AvgIpc) is 2.93. The van der Waals surface area contributed by atoms with E-state index in [1.54, 1.807) is 53.4 Å². The van der Waals surface area contributed by atoms with Crippen molar-refractivity contribution < 1.29 is 9.59 Å². The molecular weight excluding hydrogens is 495 g/mol. The molecule has 1 aliphatic heterocycles. The van der Waals surface area contributed by atoms with Gasteiger partial charge in [-0.15, -0.1) is 10.2 Å². The van der Waals surface area contributed by atoms with Crippen LogP contribution in [0.4, 0.5) is 5.82 Å². The van der Waals surface area contributed by atoms with Gasteiger partial charge in [0.2, 0.25) is 0 Å². The normalized spacial score (nSPS) is 13.5. The minimum atomic E-state index is -0.158. The summed E-state index contributed by atoms with van der Waals surface area (Å²) < 4.78 is 0. The Kier molecular flexibility index (Phi) is 6.98. The van der Waals surface area contributed by atoms with Crippen LogP contribution in [-0.4, -0.2) is 53.0 Å². The number of aromatic nitrogens is 2. The zero-order valence-electron chi connectivity index (χ0n) is 19.3. The Morgan fingerprint density at radius 2 is 1.42 bits per heavy atom. The van der Waals surface area contributed by atoms with E-state index in [1.807, 2.05) is 36.4 Å². The summed E-state index contributed by atoms with van der Waals surface area (Å²) in [5, 5.41) is 9.80. The molecule has 1 amide bonds. The predicted molar refractivity (Wildman–Crippen MR) is 142 cm³/mol. The molecule has 0 N–H and O–H groups in total. The molecule has 0 unspecified atom stereocenters. The Hall–Kier alpha value is -3.74. The van der Waals surface area contributed by atoms with Crippen molar-refractivity contribution in [3.05, 3.63) is 112 Å². The first-order chi connectivity index (χ1) is 17.5. The summed E-state index contributed by atoms with van der Waals surface area (Å²) in [5.74, 6) is 0.429. The second-order valence-electron chi connectivity index (χ2n) is 8.42. The highest BCUT2D eigenvalue weighted by Crippen LogP contribution is 2.29. The van der Waals surface area contributed by atoms with Gasteiger partial charge in [0, 0.05) is 47.9 Å². The molecule has 2 heterocycles. The molecule has 180 valence electrons. The van der Waals surface area contributed by atoms with Crippen LogP contribution >= 0.6 is 23.2 Å². The molecule has 0 atom stereocenters. The van der Waals surface area contributed by atoms with Gasteiger partial charge in [0.25, 0.3) is 5.91 Å². The summed E-state index contributed by atoms with van der Waals surface area (Å²) in [5.41, 5.74) is 2.82. The summed E-state index contributed by atoms with van der Waals surface area (Å²) in [4.78, 5) is 30.3. The second-order valence-corrected chi connectivity index (χ2v) is 9.26. The summed E-state index contributed by atoms with van der Waals surface area (Å²) >= 11 is 12.3. The van der Waals surface area contributed by atoms with Crippen LogP contribution in [0.25, 0.3) is 11.3 Å². The predicted octanol–water partition coefficient (Wildman–Crippen LogP) is 5.64. The number of hydrogen-bond acceptors (Lipinski definition) is 5. The molecule has 4 aromatic rings. The van der Waals surface area contributed by atoms with Crippen LogP contribution in [0, 0.1) is 0 Å². The van der Waals surface area contributed by atoms with E-state index in [0.29, 0.717) is 58.6 Å². The van der Waals surface area contributed by atoms with E-state index in [9.17, 15) is 9.59 Å². The van der Waals surface area contributed by atoms with E-state index in [1.165, 1.54) is 0 Å². The van der Waals surface area contributed by atoms with Crippen molar-refractivity contribution >= 4 is 40.7 Å². The Bertz CT molecular complexity index is 1400. The molecule has 8 heteroatoms. The van der Waals surface area contributed by atoms with Gasteiger partial charge in [0.15, 0.2) is 11.6 Å². The fraction of sp³-hybridized carbons (Fsp3) is 0.143. The number of hydrogen-bond donors (Lipinski definition) is 0. The number of halogens is 2. The van der Waals surface area contributed by atoms with E-state index in [-0.39, 0.29) is 11.7 Å². The molecule has 0 radical (unpaired) electrons. The monoisotopic (exact) mass is 516 g/mol. The molecular formula is C28H22Cl2N4O2. The molecule has 0 aliphatic carbocycles. The topological polar surface area (TPSA) is 66.4 Å². The standard InChI is InChI=1S/C28H22Cl2N4O2/c29-20-10-11-23(24(30)18-20)25-12-13-26(32-31-25)33-14-16-34(17-15-33)28(36)22-9-5-4-8-21(22)27(35)19-6-2-1-3-7-19/h1-13,18H,14-17H2. The van der Waals surface area contributed by atoms with Gasteiger partial charge in [0.1, 0.15) is 0 Å². The minimum absolute atomic E-state index is 0.145. The molecule has 3 aromatic carbocycles. The zero-order chi connectivity index (χ0) is 25.1. The number of amides is 1. The number of ketones is 1. The van der Waals surface area contributed by atoms with Gasteiger partial charge in [-0.2, -0.15) is 0 Å². The molecule has 0 spiro atoms. The summed E-state index contributed by atoms with van der Waals surface area (Å²) in [6, 6.07) is 25.0. The van der Waals surface area contributed by atoms with Crippen molar-refractivity contribution in [3.63, 3.8) is 0 Å². The van der Waals surface area contributed by atoms with Crippen LogP contribution in [0.3, 0.4) is 0 Å². The third kappa shape index (κ3) is 4.96. The highest BCUT2D eigenvalue weighted by Gasteiger charge is 2.26. The lowest BCUT2D eigenvalue weighted by atomic mass is 9.97.